The Kier molecular flexibility index (Phi) is 4.01. The predicted octanol–water partition coefficient (Wildman–Crippen LogP) is 5.83. The Labute approximate surface area is 150 Å². The molecule has 0 bridgehead atoms. The summed E-state index contributed by atoms with van der Waals surface area (Å²) in [7, 11) is 0. The van der Waals surface area contributed by atoms with Gasteiger partial charge in [0.15, 0.2) is 0 Å². The number of nitrogens with zero attached hydrogens (tertiary/aromatic N) is 1. The van der Waals surface area contributed by atoms with Crippen molar-refractivity contribution in [1.82, 2.24) is 0 Å². The molecule has 0 aromatic heterocycles. The maximum atomic E-state index is 5.06. The highest BCUT2D eigenvalue weighted by atomic mass is 14.8. The molecule has 0 fully saturated rings. The molecule has 4 rings (SSSR count). The summed E-state index contributed by atoms with van der Waals surface area (Å²) in [6, 6.07) is 17.5. The molecule has 1 heterocycles. The highest BCUT2D eigenvalue weighted by Crippen LogP contribution is 2.34. The zero-order valence-electron chi connectivity index (χ0n) is 15.1. The first-order valence-corrected chi connectivity index (χ1v) is 8.92. The van der Waals surface area contributed by atoms with Crippen LogP contribution < -0.4 is 0 Å². The number of benzene rings is 2. The summed E-state index contributed by atoms with van der Waals surface area (Å²) in [5.74, 6) is 0. The van der Waals surface area contributed by atoms with Gasteiger partial charge in [-0.25, -0.2) is 0 Å². The normalized spacial score (nSPS) is 19.4. The number of fused-ring (bicyclic) bond motifs is 1. The van der Waals surface area contributed by atoms with Crippen molar-refractivity contribution in [3.63, 3.8) is 0 Å². The monoisotopic (exact) mass is 325 g/mol. The van der Waals surface area contributed by atoms with E-state index in [9.17, 15) is 0 Å². The standard InChI is InChI=1S/C24H23N/c1-16-11-17(2)13-21(12-16)24-14-18(3)22-15-20(9-10-23(22)25-24)19-7-5-4-6-8-19/h4-9,11-15,23H,10H2,1-3H3. The van der Waals surface area contributed by atoms with Crippen molar-refractivity contribution in [2.45, 2.75) is 33.2 Å². The van der Waals surface area contributed by atoms with E-state index in [0.717, 1.165) is 12.1 Å². The van der Waals surface area contributed by atoms with Gasteiger partial charge in [-0.15, -0.1) is 0 Å². The second-order valence-corrected chi connectivity index (χ2v) is 7.09. The fraction of sp³-hybridized carbons (Fsp3) is 0.208. The van der Waals surface area contributed by atoms with Crippen molar-refractivity contribution in [1.29, 1.82) is 0 Å². The van der Waals surface area contributed by atoms with Gasteiger partial charge in [-0.05, 0) is 73.8 Å². The first-order chi connectivity index (χ1) is 12.1. The molecule has 1 nitrogen and oxygen atoms in total. The number of rotatable bonds is 2. The Morgan fingerprint density at radius 2 is 1.56 bits per heavy atom. The number of aryl methyl sites for hydroxylation is 2. The van der Waals surface area contributed by atoms with E-state index in [-0.39, 0.29) is 6.04 Å². The summed E-state index contributed by atoms with van der Waals surface area (Å²) < 4.78 is 0. The molecule has 0 saturated carbocycles. The number of aliphatic imine (C=N–C) groups is 1. The minimum absolute atomic E-state index is 0.244. The minimum Gasteiger partial charge on any atom is -0.276 e. The first-order valence-electron chi connectivity index (χ1n) is 8.92. The van der Waals surface area contributed by atoms with Crippen molar-refractivity contribution in [3.8, 4) is 0 Å². The second kappa shape index (κ2) is 6.33. The SMILES string of the molecule is CC1=CC(c2cc(C)cc(C)c2)=NC2CC=C(c3ccccc3)C=C12. The smallest absolute Gasteiger partial charge is 0.0793 e. The van der Waals surface area contributed by atoms with Gasteiger partial charge >= 0.3 is 0 Å². The molecule has 2 aromatic carbocycles. The van der Waals surface area contributed by atoms with Gasteiger partial charge in [-0.2, -0.15) is 0 Å². The molecule has 1 heteroatoms. The van der Waals surface area contributed by atoms with E-state index in [1.54, 1.807) is 0 Å². The van der Waals surface area contributed by atoms with Gasteiger partial charge in [0.2, 0.25) is 0 Å². The third kappa shape index (κ3) is 3.15. The average molecular weight is 325 g/mol. The summed E-state index contributed by atoms with van der Waals surface area (Å²) >= 11 is 0. The maximum Gasteiger partial charge on any atom is 0.0793 e. The summed E-state index contributed by atoms with van der Waals surface area (Å²) in [6.45, 7) is 6.51. The van der Waals surface area contributed by atoms with Crippen LogP contribution >= 0.6 is 0 Å². The van der Waals surface area contributed by atoms with Crippen molar-refractivity contribution >= 4 is 11.3 Å². The van der Waals surface area contributed by atoms with Crippen LogP contribution in [0.15, 0.2) is 82.9 Å². The van der Waals surface area contributed by atoms with E-state index >= 15 is 0 Å². The van der Waals surface area contributed by atoms with E-state index in [1.165, 1.54) is 39.0 Å². The topological polar surface area (TPSA) is 12.4 Å². The van der Waals surface area contributed by atoms with E-state index in [2.05, 4.69) is 87.5 Å². The molecular formula is C24H23N. The lowest BCUT2D eigenvalue weighted by atomic mass is 9.85. The van der Waals surface area contributed by atoms with Crippen molar-refractivity contribution in [2.24, 2.45) is 4.99 Å². The zero-order chi connectivity index (χ0) is 17.4. The van der Waals surface area contributed by atoms with Crippen molar-refractivity contribution < 1.29 is 0 Å². The number of hydrogen-bond donors (Lipinski definition) is 0. The molecule has 0 saturated heterocycles. The summed E-state index contributed by atoms with van der Waals surface area (Å²) in [6.07, 6.45) is 7.85. The lowest BCUT2D eigenvalue weighted by Crippen LogP contribution is -2.20. The Morgan fingerprint density at radius 1 is 0.840 bits per heavy atom. The van der Waals surface area contributed by atoms with Crippen LogP contribution in [0.25, 0.3) is 5.57 Å². The van der Waals surface area contributed by atoms with Crippen LogP contribution in [0.3, 0.4) is 0 Å². The van der Waals surface area contributed by atoms with Crippen LogP contribution in [-0.4, -0.2) is 11.8 Å². The van der Waals surface area contributed by atoms with Gasteiger partial charge in [0, 0.05) is 5.56 Å². The van der Waals surface area contributed by atoms with Gasteiger partial charge in [0.1, 0.15) is 0 Å². The molecule has 2 aromatic rings. The number of dihydropyridines is 1. The lowest BCUT2D eigenvalue weighted by molar-refractivity contribution is 0.779. The van der Waals surface area contributed by atoms with Crippen LogP contribution in [0.4, 0.5) is 0 Å². The summed E-state index contributed by atoms with van der Waals surface area (Å²) in [5.41, 5.74) is 10.2. The Balaban J connectivity index is 1.69. The largest absolute Gasteiger partial charge is 0.276 e. The third-order valence-electron chi connectivity index (χ3n) is 4.96. The summed E-state index contributed by atoms with van der Waals surface area (Å²) in [5, 5.41) is 0. The first kappa shape index (κ1) is 15.8. The van der Waals surface area contributed by atoms with Crippen LogP contribution in [0.2, 0.25) is 0 Å². The van der Waals surface area contributed by atoms with Gasteiger partial charge < -0.3 is 0 Å². The highest BCUT2D eigenvalue weighted by Gasteiger charge is 2.23. The lowest BCUT2D eigenvalue weighted by Gasteiger charge is -2.26. The van der Waals surface area contributed by atoms with Crippen LogP contribution in [0, 0.1) is 13.8 Å². The minimum atomic E-state index is 0.244. The molecule has 1 aliphatic carbocycles. The Hall–Kier alpha value is -2.67. The molecule has 25 heavy (non-hydrogen) atoms. The molecule has 0 radical (unpaired) electrons. The molecular weight excluding hydrogens is 302 g/mol. The summed E-state index contributed by atoms with van der Waals surface area (Å²) in [4.78, 5) is 5.06. The quantitative estimate of drug-likeness (QED) is 0.658. The van der Waals surface area contributed by atoms with E-state index in [0.29, 0.717) is 0 Å². The van der Waals surface area contributed by atoms with Crippen LogP contribution in [0.1, 0.15) is 35.6 Å². The highest BCUT2D eigenvalue weighted by molar-refractivity contribution is 6.10. The number of allylic oxidation sites excluding steroid dienone is 3. The molecule has 0 N–H and O–H groups in total. The average Bonchev–Trinajstić information content (AvgIpc) is 2.61. The Bertz CT molecular complexity index is 919. The Morgan fingerprint density at radius 3 is 2.28 bits per heavy atom. The van der Waals surface area contributed by atoms with Gasteiger partial charge in [-0.3, -0.25) is 4.99 Å². The molecule has 0 amide bonds. The molecule has 124 valence electrons. The van der Waals surface area contributed by atoms with E-state index in [1.807, 2.05) is 0 Å². The zero-order valence-corrected chi connectivity index (χ0v) is 15.1. The third-order valence-corrected chi connectivity index (χ3v) is 4.96. The molecule has 1 aliphatic heterocycles. The fourth-order valence-electron chi connectivity index (χ4n) is 3.79. The molecule has 2 aliphatic rings. The predicted molar refractivity (Wildman–Crippen MR) is 107 cm³/mol. The number of hydrogen-bond acceptors (Lipinski definition) is 1. The van der Waals surface area contributed by atoms with E-state index in [4.69, 9.17) is 4.99 Å². The molecule has 0 spiro atoms. The van der Waals surface area contributed by atoms with Crippen LogP contribution in [-0.2, 0) is 0 Å². The van der Waals surface area contributed by atoms with E-state index < -0.39 is 0 Å². The molecule has 1 unspecified atom stereocenters. The van der Waals surface area contributed by atoms with Gasteiger partial charge in [0.05, 0.1) is 11.8 Å². The van der Waals surface area contributed by atoms with Gasteiger partial charge in [0.25, 0.3) is 0 Å². The second-order valence-electron chi connectivity index (χ2n) is 7.09. The van der Waals surface area contributed by atoms with Crippen molar-refractivity contribution in [2.75, 3.05) is 0 Å². The maximum absolute atomic E-state index is 5.06. The molecule has 1 atom stereocenters. The van der Waals surface area contributed by atoms with Crippen molar-refractivity contribution in [3.05, 3.63) is 100 Å². The fourth-order valence-corrected chi connectivity index (χ4v) is 3.79. The van der Waals surface area contributed by atoms with Crippen LogP contribution in [0.5, 0.6) is 0 Å². The van der Waals surface area contributed by atoms with Gasteiger partial charge in [-0.1, -0.05) is 53.6 Å².